The molecule has 1 saturated heterocycles. The van der Waals surface area contributed by atoms with Crippen molar-refractivity contribution in [2.24, 2.45) is 5.92 Å². The first-order chi connectivity index (χ1) is 14.1. The van der Waals surface area contributed by atoms with Gasteiger partial charge in [0, 0.05) is 24.2 Å². The minimum Gasteiger partial charge on any atom is -0.399 e. The van der Waals surface area contributed by atoms with Crippen LogP contribution in [0.2, 0.25) is 0 Å². The minimum absolute atomic E-state index is 0.0970. The lowest BCUT2D eigenvalue weighted by atomic mass is 9.92. The summed E-state index contributed by atoms with van der Waals surface area (Å²) in [5, 5.41) is 5.70. The molecule has 0 unspecified atom stereocenters. The number of nitrogen functional groups attached to an aromatic ring is 1. The van der Waals surface area contributed by atoms with Crippen molar-refractivity contribution in [1.29, 1.82) is 0 Å². The normalized spacial score (nSPS) is 16.6. The second-order valence-corrected chi connectivity index (χ2v) is 8.01. The van der Waals surface area contributed by atoms with Crippen LogP contribution in [0.1, 0.15) is 36.9 Å². The summed E-state index contributed by atoms with van der Waals surface area (Å²) in [6.45, 7) is 4.74. The van der Waals surface area contributed by atoms with Crippen molar-refractivity contribution in [1.82, 2.24) is 10.2 Å². The molecule has 0 saturated carbocycles. The molecule has 0 aliphatic carbocycles. The highest BCUT2D eigenvalue weighted by atomic mass is 16.1. The molecule has 3 aromatic rings. The number of hydrogen-bond donors (Lipinski definition) is 2. The number of nitrogens with one attached hydrogen (secondary N) is 1. The highest BCUT2D eigenvalue weighted by molar-refractivity contribution is 5.86. The molecule has 0 spiro atoms. The van der Waals surface area contributed by atoms with Gasteiger partial charge in [0.15, 0.2) is 0 Å². The van der Waals surface area contributed by atoms with E-state index in [9.17, 15) is 4.79 Å². The smallest absolute Gasteiger partial charge is 0.223 e. The maximum absolute atomic E-state index is 12.6. The van der Waals surface area contributed by atoms with Crippen molar-refractivity contribution < 1.29 is 4.79 Å². The van der Waals surface area contributed by atoms with E-state index in [2.05, 4.69) is 59.6 Å². The molecule has 0 bridgehead atoms. The summed E-state index contributed by atoms with van der Waals surface area (Å²) < 4.78 is 0. The van der Waals surface area contributed by atoms with Gasteiger partial charge in [0.05, 0.1) is 0 Å². The summed E-state index contributed by atoms with van der Waals surface area (Å²) >= 11 is 0. The van der Waals surface area contributed by atoms with Crippen LogP contribution in [0, 0.1) is 5.92 Å². The minimum atomic E-state index is 0.0970. The van der Waals surface area contributed by atoms with Crippen LogP contribution in [0.3, 0.4) is 0 Å². The molecule has 1 amide bonds. The predicted molar refractivity (Wildman–Crippen MR) is 119 cm³/mol. The molecule has 29 heavy (non-hydrogen) atoms. The lowest BCUT2D eigenvalue weighted by molar-refractivity contribution is -0.126. The number of likely N-dealkylation sites (tertiary alicyclic amines) is 1. The Bertz CT molecular complexity index is 970. The SMILES string of the molecule is C[C@H](c1cccc2ccccc12)N1CCC(C(=O)NCc2ccc(N)cc2)CC1. The number of nitrogens with zero attached hydrogens (tertiary/aromatic N) is 1. The van der Waals surface area contributed by atoms with Crippen LogP contribution in [-0.2, 0) is 11.3 Å². The second-order valence-electron chi connectivity index (χ2n) is 8.01. The van der Waals surface area contributed by atoms with E-state index < -0.39 is 0 Å². The standard InChI is InChI=1S/C25H29N3O/c1-18(23-8-4-6-20-5-2-3-7-24(20)23)28-15-13-21(14-16-28)25(29)27-17-19-9-11-22(26)12-10-19/h2-12,18,21H,13-17,26H2,1H3,(H,27,29)/t18-/m1/s1. The fourth-order valence-corrected chi connectivity index (χ4v) is 4.33. The van der Waals surface area contributed by atoms with Gasteiger partial charge in [-0.2, -0.15) is 0 Å². The van der Waals surface area contributed by atoms with Gasteiger partial charge < -0.3 is 11.1 Å². The molecule has 1 atom stereocenters. The largest absolute Gasteiger partial charge is 0.399 e. The van der Waals surface area contributed by atoms with E-state index in [0.29, 0.717) is 12.6 Å². The first-order valence-corrected chi connectivity index (χ1v) is 10.5. The predicted octanol–water partition coefficient (Wildman–Crippen LogP) is 4.51. The number of nitrogens with two attached hydrogens (primary N) is 1. The van der Waals surface area contributed by atoms with Gasteiger partial charge in [0.1, 0.15) is 0 Å². The molecular formula is C25H29N3O. The fraction of sp³-hybridized carbons (Fsp3) is 0.320. The van der Waals surface area contributed by atoms with Gasteiger partial charge in [0.2, 0.25) is 5.91 Å². The van der Waals surface area contributed by atoms with Crippen molar-refractivity contribution in [3.05, 3.63) is 77.9 Å². The Morgan fingerprint density at radius 2 is 1.72 bits per heavy atom. The van der Waals surface area contributed by atoms with E-state index in [4.69, 9.17) is 5.73 Å². The Kier molecular flexibility index (Phi) is 5.81. The van der Waals surface area contributed by atoms with Gasteiger partial charge in [-0.3, -0.25) is 9.69 Å². The first kappa shape index (κ1) is 19.5. The van der Waals surface area contributed by atoms with Crippen LogP contribution in [-0.4, -0.2) is 23.9 Å². The number of carbonyl (C=O) groups is 1. The molecular weight excluding hydrogens is 358 g/mol. The molecule has 1 heterocycles. The van der Waals surface area contributed by atoms with Gasteiger partial charge >= 0.3 is 0 Å². The topological polar surface area (TPSA) is 58.4 Å². The number of amides is 1. The Hall–Kier alpha value is -2.85. The quantitative estimate of drug-likeness (QED) is 0.633. The Morgan fingerprint density at radius 1 is 1.03 bits per heavy atom. The number of fused-ring (bicyclic) bond motifs is 1. The number of piperidine rings is 1. The molecule has 1 fully saturated rings. The third-order valence-corrected chi connectivity index (χ3v) is 6.17. The molecule has 1 aliphatic heterocycles. The molecule has 150 valence electrons. The fourth-order valence-electron chi connectivity index (χ4n) is 4.33. The highest BCUT2D eigenvalue weighted by Gasteiger charge is 2.28. The van der Waals surface area contributed by atoms with E-state index in [1.54, 1.807) is 0 Å². The van der Waals surface area contributed by atoms with E-state index in [0.717, 1.165) is 37.2 Å². The van der Waals surface area contributed by atoms with Crippen LogP contribution in [0.15, 0.2) is 66.7 Å². The number of anilines is 1. The summed E-state index contributed by atoms with van der Waals surface area (Å²) in [4.78, 5) is 15.1. The lowest BCUT2D eigenvalue weighted by Crippen LogP contribution is -2.41. The van der Waals surface area contributed by atoms with Crippen LogP contribution in [0.4, 0.5) is 5.69 Å². The molecule has 1 aliphatic rings. The molecule has 4 nitrogen and oxygen atoms in total. The second kappa shape index (κ2) is 8.66. The van der Waals surface area contributed by atoms with Gasteiger partial charge in [-0.05, 0) is 66.9 Å². The monoisotopic (exact) mass is 387 g/mol. The molecule has 4 rings (SSSR count). The first-order valence-electron chi connectivity index (χ1n) is 10.5. The van der Waals surface area contributed by atoms with Crippen LogP contribution in [0.25, 0.3) is 10.8 Å². The third kappa shape index (κ3) is 4.43. The zero-order valence-corrected chi connectivity index (χ0v) is 17.0. The van der Waals surface area contributed by atoms with Crippen molar-refractivity contribution in [3.8, 4) is 0 Å². The molecule has 3 N–H and O–H groups in total. The lowest BCUT2D eigenvalue weighted by Gasteiger charge is -2.36. The van der Waals surface area contributed by atoms with Gasteiger partial charge in [-0.15, -0.1) is 0 Å². The molecule has 0 aromatic heterocycles. The van der Waals surface area contributed by atoms with Gasteiger partial charge in [-0.25, -0.2) is 0 Å². The Balaban J connectivity index is 1.33. The maximum atomic E-state index is 12.6. The average molecular weight is 388 g/mol. The molecule has 4 heteroatoms. The number of rotatable bonds is 5. The summed E-state index contributed by atoms with van der Waals surface area (Å²) in [7, 11) is 0. The van der Waals surface area contributed by atoms with Crippen LogP contribution in [0.5, 0.6) is 0 Å². The Morgan fingerprint density at radius 3 is 2.48 bits per heavy atom. The summed E-state index contributed by atoms with van der Waals surface area (Å²) in [5.74, 6) is 0.263. The van der Waals surface area contributed by atoms with Crippen molar-refractivity contribution in [2.75, 3.05) is 18.8 Å². The van der Waals surface area contributed by atoms with E-state index in [1.807, 2.05) is 24.3 Å². The molecule has 0 radical (unpaired) electrons. The average Bonchev–Trinajstić information content (AvgIpc) is 2.78. The van der Waals surface area contributed by atoms with Gasteiger partial charge in [-0.1, -0.05) is 54.6 Å². The number of benzene rings is 3. The van der Waals surface area contributed by atoms with E-state index >= 15 is 0 Å². The van der Waals surface area contributed by atoms with Crippen molar-refractivity contribution >= 4 is 22.4 Å². The van der Waals surface area contributed by atoms with Crippen molar-refractivity contribution in [2.45, 2.75) is 32.4 Å². The molecule has 3 aromatic carbocycles. The Labute approximate surface area is 172 Å². The number of carbonyl (C=O) groups excluding carboxylic acids is 1. The van der Waals surface area contributed by atoms with E-state index in [-0.39, 0.29) is 11.8 Å². The van der Waals surface area contributed by atoms with Crippen LogP contribution >= 0.6 is 0 Å². The zero-order valence-electron chi connectivity index (χ0n) is 17.0. The summed E-state index contributed by atoms with van der Waals surface area (Å²) in [5.41, 5.74) is 8.91. The van der Waals surface area contributed by atoms with Crippen LogP contribution < -0.4 is 11.1 Å². The zero-order chi connectivity index (χ0) is 20.2. The van der Waals surface area contributed by atoms with Gasteiger partial charge in [0.25, 0.3) is 0 Å². The maximum Gasteiger partial charge on any atom is 0.223 e. The summed E-state index contributed by atoms with van der Waals surface area (Å²) in [6.07, 6.45) is 1.81. The van der Waals surface area contributed by atoms with Crippen molar-refractivity contribution in [3.63, 3.8) is 0 Å². The number of hydrogen-bond acceptors (Lipinski definition) is 3. The highest BCUT2D eigenvalue weighted by Crippen LogP contribution is 2.31. The summed E-state index contributed by atoms with van der Waals surface area (Å²) in [6, 6.07) is 23.1. The third-order valence-electron chi connectivity index (χ3n) is 6.17. The van der Waals surface area contributed by atoms with E-state index in [1.165, 1.54) is 16.3 Å².